The highest BCUT2D eigenvalue weighted by Crippen LogP contribution is 2.22. The van der Waals surface area contributed by atoms with E-state index in [-0.39, 0.29) is 12.0 Å². The van der Waals surface area contributed by atoms with E-state index >= 15 is 0 Å². The zero-order chi connectivity index (χ0) is 14.5. The van der Waals surface area contributed by atoms with Gasteiger partial charge in [-0.1, -0.05) is 23.2 Å². The fraction of sp³-hybridized carbons (Fsp3) is 0.182. The monoisotopic (exact) mass is 315 g/mol. The lowest BCUT2D eigenvalue weighted by Gasteiger charge is -2.06. The van der Waals surface area contributed by atoms with Crippen molar-refractivity contribution >= 4 is 40.9 Å². The lowest BCUT2D eigenvalue weighted by molar-refractivity contribution is 0.262. The van der Waals surface area contributed by atoms with Crippen molar-refractivity contribution in [1.29, 1.82) is 0 Å². The first-order valence-electron chi connectivity index (χ1n) is 5.66. The number of aromatic amines is 1. The maximum Gasteiger partial charge on any atom is 0.337 e. The molecular weight excluding hydrogens is 305 g/mol. The van der Waals surface area contributed by atoms with Gasteiger partial charge in [-0.2, -0.15) is 4.98 Å². The maximum absolute atomic E-state index is 11.7. The molecule has 0 aliphatic rings. The normalized spacial score (nSPS) is 10.2. The van der Waals surface area contributed by atoms with Gasteiger partial charge in [0.25, 0.3) is 0 Å². The van der Waals surface area contributed by atoms with Crippen LogP contribution in [0.2, 0.25) is 10.0 Å². The summed E-state index contributed by atoms with van der Waals surface area (Å²) in [5, 5.41) is 12.1. The van der Waals surface area contributed by atoms with Crippen LogP contribution in [0.5, 0.6) is 6.01 Å². The molecule has 2 rings (SSSR count). The number of anilines is 2. The van der Waals surface area contributed by atoms with Crippen molar-refractivity contribution in [1.82, 2.24) is 15.2 Å². The van der Waals surface area contributed by atoms with Crippen LogP contribution in [0.4, 0.5) is 16.4 Å². The molecule has 3 N–H and O–H groups in total. The van der Waals surface area contributed by atoms with Gasteiger partial charge in [0.15, 0.2) is 0 Å². The molecule has 0 saturated carbocycles. The summed E-state index contributed by atoms with van der Waals surface area (Å²) in [4.78, 5) is 15.6. The van der Waals surface area contributed by atoms with Crippen LogP contribution in [0.3, 0.4) is 0 Å². The van der Waals surface area contributed by atoms with Crippen molar-refractivity contribution in [2.45, 2.75) is 6.92 Å². The third kappa shape index (κ3) is 4.01. The Kier molecular flexibility index (Phi) is 4.65. The zero-order valence-electron chi connectivity index (χ0n) is 10.4. The molecule has 20 heavy (non-hydrogen) atoms. The minimum absolute atomic E-state index is 0.161. The Morgan fingerprint density at radius 1 is 1.30 bits per heavy atom. The molecule has 9 heteroatoms. The fourth-order valence-electron chi connectivity index (χ4n) is 1.39. The van der Waals surface area contributed by atoms with E-state index in [4.69, 9.17) is 27.9 Å². The lowest BCUT2D eigenvalue weighted by atomic mass is 10.3. The fourth-order valence-corrected chi connectivity index (χ4v) is 1.92. The second kappa shape index (κ2) is 6.44. The van der Waals surface area contributed by atoms with Crippen molar-refractivity contribution in [3.8, 4) is 6.01 Å². The number of nitrogens with zero attached hydrogens (tertiary/aromatic N) is 2. The van der Waals surface area contributed by atoms with E-state index in [1.807, 2.05) is 0 Å². The van der Waals surface area contributed by atoms with Crippen molar-refractivity contribution < 1.29 is 9.53 Å². The number of benzene rings is 1. The average Bonchev–Trinajstić information content (AvgIpc) is 2.75. The Labute approximate surface area is 124 Å². The molecule has 0 radical (unpaired) electrons. The molecule has 0 bridgehead atoms. The standard InChI is InChI=1S/C11H11Cl2N5O2/c1-2-20-11-16-9(17-18-11)15-10(19)14-8-4-6(12)3-7(13)5-8/h3-5H,2H2,1H3,(H3,14,15,16,17,18,19). The Hall–Kier alpha value is -1.99. The van der Waals surface area contributed by atoms with Crippen LogP contribution < -0.4 is 15.4 Å². The predicted octanol–water partition coefficient (Wildman–Crippen LogP) is 3.15. The van der Waals surface area contributed by atoms with Crippen LogP contribution in [0, 0.1) is 0 Å². The van der Waals surface area contributed by atoms with Crippen LogP contribution in [0.1, 0.15) is 6.92 Å². The van der Waals surface area contributed by atoms with E-state index in [2.05, 4.69) is 25.8 Å². The molecule has 0 aliphatic heterocycles. The van der Waals surface area contributed by atoms with E-state index in [0.717, 1.165) is 0 Å². The first-order valence-corrected chi connectivity index (χ1v) is 6.41. The molecule has 0 aliphatic carbocycles. The number of carbonyl (C=O) groups is 1. The summed E-state index contributed by atoms with van der Waals surface area (Å²) >= 11 is 11.7. The molecule has 2 aromatic rings. The quantitative estimate of drug-likeness (QED) is 0.808. The van der Waals surface area contributed by atoms with Crippen molar-refractivity contribution in [3.63, 3.8) is 0 Å². The number of aromatic nitrogens is 3. The number of H-pyrrole nitrogens is 1. The van der Waals surface area contributed by atoms with Gasteiger partial charge in [0.2, 0.25) is 5.95 Å². The minimum Gasteiger partial charge on any atom is -0.463 e. The van der Waals surface area contributed by atoms with Gasteiger partial charge in [-0.25, -0.2) is 9.89 Å². The summed E-state index contributed by atoms with van der Waals surface area (Å²) in [5.74, 6) is 0.166. The summed E-state index contributed by atoms with van der Waals surface area (Å²) in [6.45, 7) is 2.24. The van der Waals surface area contributed by atoms with Gasteiger partial charge in [0, 0.05) is 15.7 Å². The highest BCUT2D eigenvalue weighted by molar-refractivity contribution is 6.35. The number of nitrogens with one attached hydrogen (secondary N) is 3. The number of urea groups is 1. The molecule has 0 fully saturated rings. The number of rotatable bonds is 4. The molecule has 0 unspecified atom stereocenters. The Morgan fingerprint density at radius 2 is 2.00 bits per heavy atom. The summed E-state index contributed by atoms with van der Waals surface area (Å²) < 4.78 is 5.06. The number of amides is 2. The summed E-state index contributed by atoms with van der Waals surface area (Å²) in [6, 6.07) is 4.35. The first kappa shape index (κ1) is 14.4. The van der Waals surface area contributed by atoms with Crippen LogP contribution >= 0.6 is 23.2 Å². The van der Waals surface area contributed by atoms with Crippen LogP contribution in [-0.4, -0.2) is 27.8 Å². The molecule has 106 valence electrons. The van der Waals surface area contributed by atoms with Gasteiger partial charge in [-0.05, 0) is 25.1 Å². The molecule has 0 atom stereocenters. The average molecular weight is 316 g/mol. The highest BCUT2D eigenvalue weighted by atomic mass is 35.5. The van der Waals surface area contributed by atoms with E-state index in [0.29, 0.717) is 22.3 Å². The number of ether oxygens (including phenoxy) is 1. The van der Waals surface area contributed by atoms with E-state index < -0.39 is 6.03 Å². The van der Waals surface area contributed by atoms with Crippen molar-refractivity contribution in [2.75, 3.05) is 17.2 Å². The van der Waals surface area contributed by atoms with Gasteiger partial charge in [0.1, 0.15) is 0 Å². The van der Waals surface area contributed by atoms with E-state index in [1.54, 1.807) is 25.1 Å². The second-order valence-electron chi connectivity index (χ2n) is 3.64. The third-order valence-corrected chi connectivity index (χ3v) is 2.53. The second-order valence-corrected chi connectivity index (χ2v) is 4.51. The minimum atomic E-state index is -0.512. The molecule has 2 amide bonds. The molecule has 0 saturated heterocycles. The smallest absolute Gasteiger partial charge is 0.337 e. The summed E-state index contributed by atoms with van der Waals surface area (Å²) in [5.41, 5.74) is 0.463. The number of hydrogen-bond donors (Lipinski definition) is 3. The van der Waals surface area contributed by atoms with Crippen LogP contribution in [-0.2, 0) is 0 Å². The van der Waals surface area contributed by atoms with Crippen molar-refractivity contribution in [3.05, 3.63) is 28.2 Å². The topological polar surface area (TPSA) is 91.9 Å². The van der Waals surface area contributed by atoms with Crippen LogP contribution in [0.15, 0.2) is 18.2 Å². The molecule has 0 spiro atoms. The Balaban J connectivity index is 1.97. The largest absolute Gasteiger partial charge is 0.463 e. The maximum atomic E-state index is 11.7. The zero-order valence-corrected chi connectivity index (χ0v) is 11.9. The van der Waals surface area contributed by atoms with Gasteiger partial charge >= 0.3 is 12.0 Å². The molecule has 7 nitrogen and oxygen atoms in total. The summed E-state index contributed by atoms with van der Waals surface area (Å²) in [7, 11) is 0. The van der Waals surface area contributed by atoms with Crippen molar-refractivity contribution in [2.24, 2.45) is 0 Å². The molecule has 1 heterocycles. The lowest BCUT2D eigenvalue weighted by Crippen LogP contribution is -2.20. The van der Waals surface area contributed by atoms with E-state index in [1.165, 1.54) is 0 Å². The SMILES string of the molecule is CCOc1n[nH]c(NC(=O)Nc2cc(Cl)cc(Cl)c2)n1. The Bertz CT molecular complexity index is 596. The van der Waals surface area contributed by atoms with Gasteiger partial charge in [0.05, 0.1) is 6.61 Å². The van der Waals surface area contributed by atoms with E-state index in [9.17, 15) is 4.79 Å². The first-order chi connectivity index (χ1) is 9.56. The highest BCUT2D eigenvalue weighted by Gasteiger charge is 2.08. The Morgan fingerprint density at radius 3 is 2.65 bits per heavy atom. The molecule has 1 aromatic carbocycles. The van der Waals surface area contributed by atoms with Gasteiger partial charge in [-0.15, -0.1) is 5.10 Å². The molecule has 1 aromatic heterocycles. The summed E-state index contributed by atoms with van der Waals surface area (Å²) in [6.07, 6.45) is 0. The predicted molar refractivity (Wildman–Crippen MR) is 76.7 cm³/mol. The van der Waals surface area contributed by atoms with Gasteiger partial charge < -0.3 is 10.1 Å². The van der Waals surface area contributed by atoms with Gasteiger partial charge in [-0.3, -0.25) is 5.32 Å². The third-order valence-electron chi connectivity index (χ3n) is 2.09. The number of hydrogen-bond acceptors (Lipinski definition) is 4. The van der Waals surface area contributed by atoms with Crippen LogP contribution in [0.25, 0.3) is 0 Å². The number of halogens is 2. The number of carbonyl (C=O) groups excluding carboxylic acids is 1. The molecular formula is C11H11Cl2N5O2.